The van der Waals surface area contributed by atoms with Gasteiger partial charge < -0.3 is 14.4 Å². The highest BCUT2D eigenvalue weighted by atomic mass is 35.5. The van der Waals surface area contributed by atoms with Gasteiger partial charge in [-0.05, 0) is 19.9 Å². The first-order chi connectivity index (χ1) is 14.2. The normalized spacial score (nSPS) is 24.5. The molecule has 0 bridgehead atoms. The number of anilines is 1. The van der Waals surface area contributed by atoms with E-state index in [9.17, 15) is 22.8 Å². The van der Waals surface area contributed by atoms with Crippen LogP contribution in [0.15, 0.2) is 12.3 Å². The van der Waals surface area contributed by atoms with Gasteiger partial charge in [-0.1, -0.05) is 11.6 Å². The number of hydrogen-bond donors (Lipinski definition) is 0. The number of halogens is 4. The third-order valence-electron chi connectivity index (χ3n) is 4.88. The van der Waals surface area contributed by atoms with Gasteiger partial charge in [-0.15, -0.1) is 0 Å². The molecule has 2 fully saturated rings. The molecule has 3 rings (SSSR count). The molecule has 3 heterocycles. The zero-order valence-electron chi connectivity index (χ0n) is 16.3. The highest BCUT2D eigenvalue weighted by Gasteiger charge is 2.54. The van der Waals surface area contributed by atoms with Gasteiger partial charge in [-0.2, -0.15) is 18.2 Å². The van der Waals surface area contributed by atoms with Gasteiger partial charge in [-0.3, -0.25) is 9.63 Å². The standard InChI is InChI=1S/C18H21ClF3N3O5/c1-3-28-16(26)13-12-9-24(5-6-25(12)30-14(13)17(27)29-4-2)15-11(19)7-10(8-23-15)18(20,21)22/h7-8,12-14H,3-6,9H2,1-2H3/t12-,13+,14+/m0/s1. The van der Waals surface area contributed by atoms with Crippen LogP contribution in [0.3, 0.4) is 0 Å². The van der Waals surface area contributed by atoms with Crippen LogP contribution in [-0.4, -0.2) is 67.0 Å². The molecule has 1 aromatic heterocycles. The van der Waals surface area contributed by atoms with E-state index in [0.29, 0.717) is 12.7 Å². The molecule has 0 aromatic carbocycles. The lowest BCUT2D eigenvalue weighted by Gasteiger charge is -2.38. The van der Waals surface area contributed by atoms with E-state index in [1.54, 1.807) is 18.7 Å². The number of fused-ring (bicyclic) bond motifs is 1. The van der Waals surface area contributed by atoms with Gasteiger partial charge in [-0.25, -0.2) is 9.78 Å². The predicted molar refractivity (Wildman–Crippen MR) is 98.6 cm³/mol. The van der Waals surface area contributed by atoms with Gasteiger partial charge >= 0.3 is 18.1 Å². The van der Waals surface area contributed by atoms with Gasteiger partial charge in [0.05, 0.1) is 29.8 Å². The van der Waals surface area contributed by atoms with Crippen molar-refractivity contribution in [1.82, 2.24) is 10.0 Å². The predicted octanol–water partition coefficient (Wildman–Crippen LogP) is 2.30. The zero-order chi connectivity index (χ0) is 22.1. The van der Waals surface area contributed by atoms with Crippen LogP contribution in [0.1, 0.15) is 19.4 Å². The summed E-state index contributed by atoms with van der Waals surface area (Å²) < 4.78 is 48.8. The molecule has 2 aliphatic heterocycles. The second-order valence-corrected chi connectivity index (χ2v) is 7.14. The number of carbonyl (C=O) groups is 2. The summed E-state index contributed by atoms with van der Waals surface area (Å²) >= 11 is 6.07. The monoisotopic (exact) mass is 451 g/mol. The molecule has 0 saturated carbocycles. The van der Waals surface area contributed by atoms with Crippen LogP contribution in [0.4, 0.5) is 19.0 Å². The maximum atomic E-state index is 12.9. The Morgan fingerprint density at radius 2 is 1.90 bits per heavy atom. The van der Waals surface area contributed by atoms with Crippen molar-refractivity contribution in [3.63, 3.8) is 0 Å². The van der Waals surface area contributed by atoms with Gasteiger partial charge in [0, 0.05) is 25.8 Å². The van der Waals surface area contributed by atoms with Crippen molar-refractivity contribution in [2.75, 3.05) is 37.7 Å². The molecule has 0 spiro atoms. The van der Waals surface area contributed by atoms with Crippen LogP contribution >= 0.6 is 11.6 Å². The third kappa shape index (κ3) is 4.47. The second kappa shape index (κ2) is 8.94. The Labute approximate surface area is 175 Å². The lowest BCUT2D eigenvalue weighted by molar-refractivity contribution is -0.191. The molecule has 0 radical (unpaired) electrons. The Kier molecular flexibility index (Phi) is 6.73. The van der Waals surface area contributed by atoms with E-state index in [0.717, 1.165) is 6.07 Å². The largest absolute Gasteiger partial charge is 0.466 e. The molecule has 2 aliphatic rings. The first kappa shape index (κ1) is 22.6. The minimum absolute atomic E-state index is 0.119. The lowest BCUT2D eigenvalue weighted by Crippen LogP contribution is -2.53. The van der Waals surface area contributed by atoms with Crippen molar-refractivity contribution in [2.24, 2.45) is 5.92 Å². The van der Waals surface area contributed by atoms with Crippen LogP contribution in [0, 0.1) is 5.92 Å². The third-order valence-corrected chi connectivity index (χ3v) is 5.16. The average Bonchev–Trinajstić information content (AvgIpc) is 3.06. The van der Waals surface area contributed by atoms with Crippen molar-refractivity contribution >= 4 is 29.4 Å². The van der Waals surface area contributed by atoms with Crippen LogP contribution in [0.25, 0.3) is 0 Å². The maximum Gasteiger partial charge on any atom is 0.417 e. The first-order valence-corrected chi connectivity index (χ1v) is 9.79. The zero-order valence-corrected chi connectivity index (χ0v) is 17.1. The van der Waals surface area contributed by atoms with Gasteiger partial charge in [0.15, 0.2) is 6.10 Å². The fourth-order valence-corrected chi connectivity index (χ4v) is 3.86. The number of ether oxygens (including phenoxy) is 2. The van der Waals surface area contributed by atoms with E-state index in [1.165, 1.54) is 5.06 Å². The van der Waals surface area contributed by atoms with Gasteiger partial charge in [0.2, 0.25) is 0 Å². The van der Waals surface area contributed by atoms with Crippen molar-refractivity contribution in [3.8, 4) is 0 Å². The van der Waals surface area contributed by atoms with E-state index < -0.39 is 41.7 Å². The number of hydroxylamine groups is 2. The minimum atomic E-state index is -4.56. The summed E-state index contributed by atoms with van der Waals surface area (Å²) in [4.78, 5) is 36.1. The molecular formula is C18H21ClF3N3O5. The van der Waals surface area contributed by atoms with Gasteiger partial charge in [0.1, 0.15) is 11.7 Å². The molecule has 166 valence electrons. The molecular weight excluding hydrogens is 431 g/mol. The number of carbonyl (C=O) groups excluding carboxylic acids is 2. The summed E-state index contributed by atoms with van der Waals surface area (Å²) in [6, 6.07) is 0.221. The summed E-state index contributed by atoms with van der Waals surface area (Å²) in [5.74, 6) is -2.09. The Morgan fingerprint density at radius 3 is 2.50 bits per heavy atom. The lowest BCUT2D eigenvalue weighted by atomic mass is 9.93. The molecule has 0 aliphatic carbocycles. The molecule has 0 amide bonds. The number of esters is 2. The smallest absolute Gasteiger partial charge is 0.417 e. The Hall–Kier alpha value is -2.11. The molecule has 30 heavy (non-hydrogen) atoms. The molecule has 12 heteroatoms. The number of aromatic nitrogens is 1. The quantitative estimate of drug-likeness (QED) is 0.631. The molecule has 2 saturated heterocycles. The fraction of sp³-hybridized carbons (Fsp3) is 0.611. The van der Waals surface area contributed by atoms with Crippen molar-refractivity contribution < 1.29 is 37.1 Å². The van der Waals surface area contributed by atoms with Crippen molar-refractivity contribution in [3.05, 3.63) is 22.8 Å². The first-order valence-electron chi connectivity index (χ1n) is 9.41. The number of rotatable bonds is 5. The van der Waals surface area contributed by atoms with E-state index in [2.05, 4.69) is 4.98 Å². The Morgan fingerprint density at radius 1 is 1.23 bits per heavy atom. The van der Waals surface area contributed by atoms with Crippen LogP contribution in [-0.2, 0) is 30.1 Å². The Bertz CT molecular complexity index is 810. The highest BCUT2D eigenvalue weighted by Crippen LogP contribution is 2.37. The molecule has 1 aromatic rings. The highest BCUT2D eigenvalue weighted by molar-refractivity contribution is 6.33. The number of hydrogen-bond acceptors (Lipinski definition) is 8. The van der Waals surface area contributed by atoms with Gasteiger partial charge in [0.25, 0.3) is 0 Å². The fourth-order valence-electron chi connectivity index (χ4n) is 3.57. The summed E-state index contributed by atoms with van der Waals surface area (Å²) in [6.45, 7) is 4.26. The maximum absolute atomic E-state index is 12.9. The molecule has 0 N–H and O–H groups in total. The molecule has 8 nitrogen and oxygen atoms in total. The SMILES string of the molecule is CCOC(=O)[C@H]1[C@H](C(=O)OCC)ON2CCN(c3ncc(C(F)(F)F)cc3Cl)C[C@@H]12. The number of nitrogens with zero attached hydrogens (tertiary/aromatic N) is 3. The van der Waals surface area contributed by atoms with E-state index in [-0.39, 0.29) is 37.1 Å². The summed E-state index contributed by atoms with van der Waals surface area (Å²) in [5.41, 5.74) is -0.953. The van der Waals surface area contributed by atoms with E-state index >= 15 is 0 Å². The van der Waals surface area contributed by atoms with Crippen molar-refractivity contribution in [2.45, 2.75) is 32.2 Å². The van der Waals surface area contributed by atoms with Crippen LogP contribution in [0.5, 0.6) is 0 Å². The average molecular weight is 452 g/mol. The minimum Gasteiger partial charge on any atom is -0.466 e. The molecule has 3 atom stereocenters. The second-order valence-electron chi connectivity index (χ2n) is 6.74. The van der Waals surface area contributed by atoms with Crippen LogP contribution < -0.4 is 4.90 Å². The Balaban J connectivity index is 1.85. The topological polar surface area (TPSA) is 81.2 Å². The number of alkyl halides is 3. The summed E-state index contributed by atoms with van der Waals surface area (Å²) in [7, 11) is 0. The molecule has 0 unspecified atom stereocenters. The summed E-state index contributed by atoms with van der Waals surface area (Å²) in [5, 5.41) is 1.35. The van der Waals surface area contributed by atoms with E-state index in [4.69, 9.17) is 25.9 Å². The van der Waals surface area contributed by atoms with E-state index in [1.807, 2.05) is 0 Å². The van der Waals surface area contributed by atoms with Crippen molar-refractivity contribution in [1.29, 1.82) is 0 Å². The number of pyridine rings is 1. The van der Waals surface area contributed by atoms with Crippen LogP contribution in [0.2, 0.25) is 5.02 Å². The number of piperazine rings is 1. The summed E-state index contributed by atoms with van der Waals surface area (Å²) in [6.07, 6.45) is -5.01.